The van der Waals surface area contributed by atoms with Gasteiger partial charge in [-0.3, -0.25) is 4.79 Å². The van der Waals surface area contributed by atoms with E-state index in [4.69, 9.17) is 24.8 Å². The van der Waals surface area contributed by atoms with Gasteiger partial charge in [0.1, 0.15) is 11.5 Å². The lowest BCUT2D eigenvalue weighted by Crippen LogP contribution is -2.08. The van der Waals surface area contributed by atoms with Crippen LogP contribution in [0, 0.1) is 6.92 Å². The zero-order valence-electron chi connectivity index (χ0n) is 18.8. The molecule has 0 saturated heterocycles. The number of ether oxygens (including phenoxy) is 4. The predicted octanol–water partition coefficient (Wildman–Crippen LogP) is 3.12. The Morgan fingerprint density at radius 2 is 1.18 bits per heavy atom. The van der Waals surface area contributed by atoms with E-state index in [9.17, 15) is 19.2 Å². The molecule has 0 atom stereocenters. The lowest BCUT2D eigenvalue weighted by molar-refractivity contribution is -0.136. The molecule has 11 heteroatoms. The lowest BCUT2D eigenvalue weighted by atomic mass is 10.0. The third-order valence-corrected chi connectivity index (χ3v) is 3.88. The van der Waals surface area contributed by atoms with Crippen LogP contribution in [-0.2, 0) is 20.7 Å². The highest BCUT2D eigenvalue weighted by molar-refractivity contribution is 5.91. The maximum Gasteiger partial charge on any atom is 0.507 e. The molecular formula is C22H26O11. The van der Waals surface area contributed by atoms with Crippen LogP contribution < -0.4 is 9.47 Å². The summed E-state index contributed by atoms with van der Waals surface area (Å²) in [6, 6.07) is 9.10. The normalized spacial score (nSPS) is 9.12. The van der Waals surface area contributed by atoms with Crippen LogP contribution in [-0.4, -0.2) is 67.8 Å². The number of aryl methyl sites for hydroxylation is 1. The quantitative estimate of drug-likeness (QED) is 0.535. The van der Waals surface area contributed by atoms with Crippen molar-refractivity contribution in [3.05, 3.63) is 58.7 Å². The van der Waals surface area contributed by atoms with Gasteiger partial charge in [0.15, 0.2) is 0 Å². The van der Waals surface area contributed by atoms with E-state index in [0.717, 1.165) is 0 Å². The van der Waals surface area contributed by atoms with Crippen molar-refractivity contribution < 1.29 is 53.4 Å². The molecule has 0 saturated carbocycles. The Kier molecular flexibility index (Phi) is 12.8. The average Bonchev–Trinajstić information content (AvgIpc) is 2.78. The molecule has 0 aliphatic heterocycles. The number of methoxy groups -OCH3 is 4. The number of carbonyl (C=O) groups is 4. The van der Waals surface area contributed by atoms with E-state index >= 15 is 0 Å². The van der Waals surface area contributed by atoms with Crippen LogP contribution in [0.1, 0.15) is 31.8 Å². The van der Waals surface area contributed by atoms with Crippen LogP contribution in [0.15, 0.2) is 36.4 Å². The van der Waals surface area contributed by atoms with Gasteiger partial charge in [-0.2, -0.15) is 0 Å². The second kappa shape index (κ2) is 14.7. The molecular weight excluding hydrogens is 440 g/mol. The van der Waals surface area contributed by atoms with Crippen molar-refractivity contribution in [3.8, 4) is 11.5 Å². The molecule has 33 heavy (non-hydrogen) atoms. The number of rotatable bonds is 6. The number of carboxylic acids is 3. The third-order valence-electron chi connectivity index (χ3n) is 3.88. The van der Waals surface area contributed by atoms with Crippen molar-refractivity contribution in [3.63, 3.8) is 0 Å². The van der Waals surface area contributed by atoms with Crippen molar-refractivity contribution in [2.75, 3.05) is 28.4 Å². The molecule has 0 radical (unpaired) electrons. The zero-order valence-corrected chi connectivity index (χ0v) is 18.8. The minimum absolute atomic E-state index is 0.0156. The highest BCUT2D eigenvalue weighted by atomic mass is 16.7. The van der Waals surface area contributed by atoms with Gasteiger partial charge in [0.2, 0.25) is 0 Å². The summed E-state index contributed by atoms with van der Waals surface area (Å²) in [6.07, 6.45) is -0.992. The van der Waals surface area contributed by atoms with Crippen LogP contribution in [0.25, 0.3) is 0 Å². The standard InChI is InChI=1S/C10H10O5.C9H10O3.C3H6O3/c1-15-7-2-3-8(10(13)14)6(4-7)5-9(11)12;1-6-5-7(12-2)3-4-8(6)9(10)11;1-5-3(4)6-2/h2-4H,5H2,1H3,(H,11,12)(H,13,14);3-5H,1-2H3,(H,10,11);1-2H3. The molecule has 2 aromatic carbocycles. The van der Waals surface area contributed by atoms with Crippen LogP contribution in [0.3, 0.4) is 0 Å². The molecule has 0 aliphatic carbocycles. The van der Waals surface area contributed by atoms with Crippen molar-refractivity contribution in [1.29, 1.82) is 0 Å². The van der Waals surface area contributed by atoms with Crippen molar-refractivity contribution in [2.24, 2.45) is 0 Å². The number of hydrogen-bond donors (Lipinski definition) is 3. The van der Waals surface area contributed by atoms with Gasteiger partial charge in [-0.05, 0) is 54.4 Å². The molecule has 0 unspecified atom stereocenters. The number of carbonyl (C=O) groups excluding carboxylic acids is 1. The lowest BCUT2D eigenvalue weighted by Gasteiger charge is -2.06. The largest absolute Gasteiger partial charge is 0.507 e. The Hall–Kier alpha value is -4.28. The van der Waals surface area contributed by atoms with Gasteiger partial charge in [-0.1, -0.05) is 0 Å². The van der Waals surface area contributed by atoms with E-state index < -0.39 is 24.1 Å². The van der Waals surface area contributed by atoms with Gasteiger partial charge in [0, 0.05) is 0 Å². The van der Waals surface area contributed by atoms with E-state index in [1.54, 1.807) is 26.2 Å². The summed E-state index contributed by atoms with van der Waals surface area (Å²) in [5.41, 5.74) is 1.24. The van der Waals surface area contributed by atoms with Crippen molar-refractivity contribution in [1.82, 2.24) is 0 Å². The SMILES string of the molecule is COC(=O)OC.COc1ccc(C(=O)O)c(C)c1.COc1ccc(C(=O)O)c(CC(=O)O)c1. The highest BCUT2D eigenvalue weighted by Crippen LogP contribution is 2.18. The first-order valence-corrected chi connectivity index (χ1v) is 9.12. The maximum atomic E-state index is 10.8. The first-order chi connectivity index (χ1) is 15.5. The number of hydrogen-bond acceptors (Lipinski definition) is 8. The maximum absolute atomic E-state index is 10.8. The minimum Gasteiger partial charge on any atom is -0.497 e. The second-order valence-electron chi connectivity index (χ2n) is 6.04. The highest BCUT2D eigenvalue weighted by Gasteiger charge is 2.13. The van der Waals surface area contributed by atoms with E-state index in [-0.39, 0.29) is 17.5 Å². The molecule has 2 aromatic rings. The molecule has 0 bridgehead atoms. The van der Waals surface area contributed by atoms with E-state index in [1.807, 2.05) is 0 Å². The second-order valence-corrected chi connectivity index (χ2v) is 6.04. The van der Waals surface area contributed by atoms with Gasteiger partial charge >= 0.3 is 24.1 Å². The van der Waals surface area contributed by atoms with Gasteiger partial charge < -0.3 is 34.3 Å². The summed E-state index contributed by atoms with van der Waals surface area (Å²) in [5.74, 6) is -2.01. The zero-order chi connectivity index (χ0) is 25.6. The molecule has 0 spiro atoms. The number of carboxylic acid groups (broad SMARTS) is 3. The topological polar surface area (TPSA) is 166 Å². The summed E-state index contributed by atoms with van der Waals surface area (Å²) < 4.78 is 17.9. The van der Waals surface area contributed by atoms with Crippen LogP contribution in [0.5, 0.6) is 11.5 Å². The first-order valence-electron chi connectivity index (χ1n) is 9.12. The minimum atomic E-state index is -1.14. The van der Waals surface area contributed by atoms with E-state index in [0.29, 0.717) is 22.6 Å². The number of aliphatic carboxylic acids is 1. The first kappa shape index (κ1) is 28.7. The fraction of sp³-hybridized carbons (Fsp3) is 0.273. The number of benzene rings is 2. The fourth-order valence-corrected chi connectivity index (χ4v) is 2.30. The summed E-state index contributed by atoms with van der Waals surface area (Å²) in [6.45, 7) is 1.74. The summed E-state index contributed by atoms with van der Waals surface area (Å²) in [7, 11) is 5.49. The smallest absolute Gasteiger partial charge is 0.497 e. The molecule has 0 fully saturated rings. The molecule has 3 N–H and O–H groups in total. The fourth-order valence-electron chi connectivity index (χ4n) is 2.30. The van der Waals surface area contributed by atoms with Crippen LogP contribution in [0.2, 0.25) is 0 Å². The van der Waals surface area contributed by atoms with Gasteiger partial charge in [-0.15, -0.1) is 0 Å². The van der Waals surface area contributed by atoms with Crippen molar-refractivity contribution in [2.45, 2.75) is 13.3 Å². The summed E-state index contributed by atoms with van der Waals surface area (Å²) in [5, 5.41) is 26.1. The summed E-state index contributed by atoms with van der Waals surface area (Å²) >= 11 is 0. The molecule has 0 aliphatic rings. The molecule has 2 rings (SSSR count). The van der Waals surface area contributed by atoms with Crippen LogP contribution in [0.4, 0.5) is 4.79 Å². The molecule has 180 valence electrons. The Bertz CT molecular complexity index is 961. The van der Waals surface area contributed by atoms with E-state index in [1.165, 1.54) is 45.6 Å². The Morgan fingerprint density at radius 3 is 1.52 bits per heavy atom. The van der Waals surface area contributed by atoms with Crippen LogP contribution >= 0.6 is 0 Å². The number of aromatic carboxylic acids is 2. The predicted molar refractivity (Wildman–Crippen MR) is 115 cm³/mol. The molecule has 0 amide bonds. The van der Waals surface area contributed by atoms with Gasteiger partial charge in [0.25, 0.3) is 0 Å². The molecule has 0 aromatic heterocycles. The third kappa shape index (κ3) is 10.5. The Morgan fingerprint density at radius 1 is 0.727 bits per heavy atom. The Labute approximate surface area is 190 Å². The van der Waals surface area contributed by atoms with Crippen molar-refractivity contribution >= 4 is 24.1 Å². The Balaban J connectivity index is 0.000000509. The molecule has 0 heterocycles. The van der Waals surface area contributed by atoms with Gasteiger partial charge in [0.05, 0.1) is 46.0 Å². The average molecular weight is 466 g/mol. The monoisotopic (exact) mass is 466 g/mol. The van der Waals surface area contributed by atoms with Gasteiger partial charge in [-0.25, -0.2) is 14.4 Å². The summed E-state index contributed by atoms with van der Waals surface area (Å²) in [4.78, 5) is 41.6. The van der Waals surface area contributed by atoms with E-state index in [2.05, 4.69) is 9.47 Å². The molecule has 11 nitrogen and oxygen atoms in total.